The van der Waals surface area contributed by atoms with Gasteiger partial charge in [-0.1, -0.05) is 37.6 Å². The highest BCUT2D eigenvalue weighted by atomic mass is 15.2. The van der Waals surface area contributed by atoms with Crippen molar-refractivity contribution >= 4 is 16.6 Å². The third kappa shape index (κ3) is 2.87. The maximum atomic E-state index is 5.80. The molecule has 2 rings (SSSR count). The summed E-state index contributed by atoms with van der Waals surface area (Å²) in [6, 6.07) is 8.41. The molecule has 0 aliphatic carbocycles. The molecule has 0 atom stereocenters. The highest BCUT2D eigenvalue weighted by Gasteiger charge is 2.11. The first-order valence-electron chi connectivity index (χ1n) is 7.13. The van der Waals surface area contributed by atoms with Crippen LogP contribution in [-0.4, -0.2) is 18.1 Å². The van der Waals surface area contributed by atoms with Crippen molar-refractivity contribution in [3.63, 3.8) is 0 Å². The van der Waals surface area contributed by atoms with Gasteiger partial charge in [-0.15, -0.1) is 0 Å². The molecule has 3 nitrogen and oxygen atoms in total. The van der Waals surface area contributed by atoms with Gasteiger partial charge in [0.25, 0.3) is 0 Å². The van der Waals surface area contributed by atoms with Crippen molar-refractivity contribution < 1.29 is 0 Å². The first kappa shape index (κ1) is 13.8. The van der Waals surface area contributed by atoms with Crippen LogP contribution in [0.25, 0.3) is 10.8 Å². The number of fused-ring (bicyclic) bond motifs is 1. The standard InChI is InChI=1S/C16H23N3/c1-3-5-10-19(4-2)16-15-9-7-6-8-14(15)13(11-17)12-18-16/h6-9,12H,3-5,10-11,17H2,1-2H3. The normalized spacial score (nSPS) is 10.9. The Labute approximate surface area is 115 Å². The Hall–Kier alpha value is -1.61. The number of nitrogens with two attached hydrogens (primary N) is 1. The van der Waals surface area contributed by atoms with E-state index in [2.05, 4.69) is 48.0 Å². The summed E-state index contributed by atoms with van der Waals surface area (Å²) in [6.07, 6.45) is 4.32. The van der Waals surface area contributed by atoms with E-state index < -0.39 is 0 Å². The second-order valence-corrected chi connectivity index (χ2v) is 4.79. The highest BCUT2D eigenvalue weighted by Crippen LogP contribution is 2.27. The van der Waals surface area contributed by atoms with Gasteiger partial charge in [-0.05, 0) is 24.3 Å². The predicted octanol–water partition coefficient (Wildman–Crippen LogP) is 3.32. The fraction of sp³-hybridized carbons (Fsp3) is 0.438. The Bertz CT molecular complexity index is 537. The molecule has 2 aromatic rings. The van der Waals surface area contributed by atoms with Crippen LogP contribution in [0.3, 0.4) is 0 Å². The SMILES string of the molecule is CCCCN(CC)c1ncc(CN)c2ccccc12. The molecule has 1 aromatic heterocycles. The van der Waals surface area contributed by atoms with E-state index in [1.807, 2.05) is 6.20 Å². The van der Waals surface area contributed by atoms with E-state index in [4.69, 9.17) is 5.73 Å². The summed E-state index contributed by atoms with van der Waals surface area (Å²) >= 11 is 0. The molecule has 0 spiro atoms. The number of hydrogen-bond donors (Lipinski definition) is 1. The summed E-state index contributed by atoms with van der Waals surface area (Å²) in [7, 11) is 0. The summed E-state index contributed by atoms with van der Waals surface area (Å²) < 4.78 is 0. The van der Waals surface area contributed by atoms with Crippen molar-refractivity contribution in [3.05, 3.63) is 36.0 Å². The lowest BCUT2D eigenvalue weighted by atomic mass is 10.1. The predicted molar refractivity (Wildman–Crippen MR) is 82.4 cm³/mol. The number of anilines is 1. The molecule has 3 heteroatoms. The molecule has 0 amide bonds. The summed E-state index contributed by atoms with van der Waals surface area (Å²) in [4.78, 5) is 7.00. The zero-order valence-electron chi connectivity index (χ0n) is 11.9. The third-order valence-corrected chi connectivity index (χ3v) is 3.54. The molecule has 0 unspecified atom stereocenters. The minimum Gasteiger partial charge on any atom is -0.356 e. The largest absolute Gasteiger partial charge is 0.356 e. The fourth-order valence-corrected chi connectivity index (χ4v) is 2.41. The Morgan fingerprint density at radius 1 is 1.16 bits per heavy atom. The Morgan fingerprint density at radius 3 is 2.53 bits per heavy atom. The second-order valence-electron chi connectivity index (χ2n) is 4.79. The molecule has 1 heterocycles. The molecule has 102 valence electrons. The zero-order chi connectivity index (χ0) is 13.7. The van der Waals surface area contributed by atoms with E-state index >= 15 is 0 Å². The van der Waals surface area contributed by atoms with Crippen molar-refractivity contribution in [2.24, 2.45) is 5.73 Å². The Balaban J connectivity index is 2.48. The van der Waals surface area contributed by atoms with Gasteiger partial charge in [0.05, 0.1) is 0 Å². The lowest BCUT2D eigenvalue weighted by Gasteiger charge is -2.23. The van der Waals surface area contributed by atoms with Gasteiger partial charge < -0.3 is 10.6 Å². The lowest BCUT2D eigenvalue weighted by molar-refractivity contribution is 0.726. The quantitative estimate of drug-likeness (QED) is 0.863. The average molecular weight is 257 g/mol. The number of benzene rings is 1. The number of pyridine rings is 1. The van der Waals surface area contributed by atoms with Gasteiger partial charge in [0.1, 0.15) is 5.82 Å². The van der Waals surface area contributed by atoms with Crippen molar-refractivity contribution in [3.8, 4) is 0 Å². The van der Waals surface area contributed by atoms with Crippen LogP contribution in [-0.2, 0) is 6.54 Å². The number of rotatable bonds is 6. The van der Waals surface area contributed by atoms with Crippen LogP contribution in [0.4, 0.5) is 5.82 Å². The molecule has 0 saturated heterocycles. The van der Waals surface area contributed by atoms with E-state index in [0.717, 1.165) is 24.5 Å². The molecule has 0 aliphatic rings. The van der Waals surface area contributed by atoms with Crippen molar-refractivity contribution in [1.29, 1.82) is 0 Å². The Kier molecular flexibility index (Phi) is 4.74. The van der Waals surface area contributed by atoms with Gasteiger partial charge in [0.15, 0.2) is 0 Å². The van der Waals surface area contributed by atoms with Crippen molar-refractivity contribution in [2.45, 2.75) is 33.2 Å². The first-order chi connectivity index (χ1) is 9.31. The summed E-state index contributed by atoms with van der Waals surface area (Å²) in [5, 5.41) is 2.44. The van der Waals surface area contributed by atoms with Gasteiger partial charge in [0, 0.05) is 31.2 Å². The van der Waals surface area contributed by atoms with Crippen LogP contribution in [0, 0.1) is 0 Å². The van der Waals surface area contributed by atoms with E-state index in [-0.39, 0.29) is 0 Å². The topological polar surface area (TPSA) is 42.2 Å². The van der Waals surface area contributed by atoms with E-state index in [0.29, 0.717) is 6.54 Å². The molecular weight excluding hydrogens is 234 g/mol. The summed E-state index contributed by atoms with van der Waals surface area (Å²) in [5.74, 6) is 1.09. The number of aromatic nitrogens is 1. The first-order valence-corrected chi connectivity index (χ1v) is 7.13. The maximum Gasteiger partial charge on any atom is 0.136 e. The van der Waals surface area contributed by atoms with Crippen LogP contribution >= 0.6 is 0 Å². The molecule has 0 radical (unpaired) electrons. The number of unbranched alkanes of at least 4 members (excludes halogenated alkanes) is 1. The average Bonchev–Trinajstić information content (AvgIpc) is 2.48. The van der Waals surface area contributed by atoms with E-state index in [9.17, 15) is 0 Å². The smallest absolute Gasteiger partial charge is 0.136 e. The molecule has 0 fully saturated rings. The minimum atomic E-state index is 0.537. The van der Waals surface area contributed by atoms with Gasteiger partial charge in [-0.2, -0.15) is 0 Å². The number of hydrogen-bond acceptors (Lipinski definition) is 3. The molecule has 2 N–H and O–H groups in total. The molecular formula is C16H23N3. The van der Waals surface area contributed by atoms with Gasteiger partial charge in [0.2, 0.25) is 0 Å². The molecule has 1 aromatic carbocycles. The third-order valence-electron chi connectivity index (χ3n) is 3.54. The number of nitrogens with zero attached hydrogens (tertiary/aromatic N) is 2. The van der Waals surface area contributed by atoms with Crippen molar-refractivity contribution in [2.75, 3.05) is 18.0 Å². The minimum absolute atomic E-state index is 0.537. The highest BCUT2D eigenvalue weighted by molar-refractivity contribution is 5.94. The summed E-state index contributed by atoms with van der Waals surface area (Å²) in [5.41, 5.74) is 6.92. The van der Waals surface area contributed by atoms with Crippen LogP contribution < -0.4 is 10.6 Å². The van der Waals surface area contributed by atoms with Gasteiger partial charge in [-0.3, -0.25) is 0 Å². The maximum absolute atomic E-state index is 5.80. The molecule has 19 heavy (non-hydrogen) atoms. The monoisotopic (exact) mass is 257 g/mol. The van der Waals surface area contributed by atoms with Gasteiger partial charge >= 0.3 is 0 Å². The van der Waals surface area contributed by atoms with E-state index in [1.54, 1.807) is 0 Å². The van der Waals surface area contributed by atoms with Crippen LogP contribution in [0.5, 0.6) is 0 Å². The van der Waals surface area contributed by atoms with Crippen molar-refractivity contribution in [1.82, 2.24) is 4.98 Å². The molecule has 0 saturated carbocycles. The Morgan fingerprint density at radius 2 is 1.89 bits per heavy atom. The second kappa shape index (κ2) is 6.53. The molecule has 0 bridgehead atoms. The lowest BCUT2D eigenvalue weighted by Crippen LogP contribution is -2.25. The summed E-state index contributed by atoms with van der Waals surface area (Å²) in [6.45, 7) is 6.99. The fourth-order valence-electron chi connectivity index (χ4n) is 2.41. The molecule has 0 aliphatic heterocycles. The van der Waals surface area contributed by atoms with Crippen LogP contribution in [0.15, 0.2) is 30.5 Å². The van der Waals surface area contributed by atoms with Crippen LogP contribution in [0.2, 0.25) is 0 Å². The van der Waals surface area contributed by atoms with E-state index in [1.165, 1.54) is 23.6 Å². The van der Waals surface area contributed by atoms with Crippen LogP contribution in [0.1, 0.15) is 32.3 Å². The zero-order valence-corrected chi connectivity index (χ0v) is 11.9. The van der Waals surface area contributed by atoms with Gasteiger partial charge in [-0.25, -0.2) is 4.98 Å².